The first kappa shape index (κ1) is 13.7. The molecule has 0 radical (unpaired) electrons. The predicted molar refractivity (Wildman–Crippen MR) is 80.0 cm³/mol. The molecule has 0 aliphatic rings. The Morgan fingerprint density at radius 2 is 1.62 bits per heavy atom. The normalized spacial score (nSPS) is 11.6. The first-order valence-electron chi connectivity index (χ1n) is 6.39. The average molecular weight is 299 g/mol. The van der Waals surface area contributed by atoms with E-state index >= 15 is 0 Å². The van der Waals surface area contributed by atoms with Crippen molar-refractivity contribution < 1.29 is 8.42 Å². The van der Waals surface area contributed by atoms with Crippen LogP contribution in [0.4, 0.5) is 0 Å². The van der Waals surface area contributed by atoms with Crippen LogP contribution in [0.3, 0.4) is 0 Å². The molecule has 3 rings (SSSR count). The van der Waals surface area contributed by atoms with Gasteiger partial charge in [0.05, 0.1) is 15.9 Å². The van der Waals surface area contributed by atoms with E-state index in [-0.39, 0.29) is 11.4 Å². The number of sulfonamides is 1. The molecule has 6 heteroatoms. The highest BCUT2D eigenvalue weighted by molar-refractivity contribution is 7.89. The van der Waals surface area contributed by atoms with Gasteiger partial charge in [0.25, 0.3) is 0 Å². The highest BCUT2D eigenvalue weighted by atomic mass is 32.2. The smallest absolute Gasteiger partial charge is 0.240 e. The minimum absolute atomic E-state index is 0.212. The quantitative estimate of drug-likeness (QED) is 0.801. The maximum Gasteiger partial charge on any atom is 0.240 e. The maximum absolute atomic E-state index is 12.1. The zero-order chi connectivity index (χ0) is 14.7. The molecule has 1 N–H and O–H groups in total. The number of nitrogens with one attached hydrogen (secondary N) is 1. The molecule has 0 spiro atoms. The number of fused-ring (bicyclic) bond motifs is 1. The summed E-state index contributed by atoms with van der Waals surface area (Å²) in [5.41, 5.74) is 2.36. The van der Waals surface area contributed by atoms with E-state index in [1.807, 2.05) is 18.2 Å². The van der Waals surface area contributed by atoms with Gasteiger partial charge in [-0.25, -0.2) is 13.1 Å². The molecule has 106 valence electrons. The lowest BCUT2D eigenvalue weighted by atomic mass is 10.2. The van der Waals surface area contributed by atoms with Crippen LogP contribution in [0.2, 0.25) is 0 Å². The van der Waals surface area contributed by atoms with E-state index in [0.717, 1.165) is 16.6 Å². The molecule has 21 heavy (non-hydrogen) atoms. The summed E-state index contributed by atoms with van der Waals surface area (Å²) >= 11 is 0. The molecule has 0 saturated heterocycles. The summed E-state index contributed by atoms with van der Waals surface area (Å²) in [6.07, 6.45) is 3.24. The van der Waals surface area contributed by atoms with Crippen molar-refractivity contribution in [3.05, 3.63) is 66.5 Å². The fourth-order valence-corrected chi connectivity index (χ4v) is 3.02. The van der Waals surface area contributed by atoms with Crippen LogP contribution in [0, 0.1) is 0 Å². The van der Waals surface area contributed by atoms with Crippen molar-refractivity contribution in [3.8, 4) is 0 Å². The SMILES string of the molecule is O=S(=O)(NCc1ccc2nccnc2c1)c1ccccc1. The Morgan fingerprint density at radius 1 is 0.905 bits per heavy atom. The summed E-state index contributed by atoms with van der Waals surface area (Å²) < 4.78 is 26.8. The molecule has 2 aromatic carbocycles. The lowest BCUT2D eigenvalue weighted by molar-refractivity contribution is 0.581. The molecule has 0 aliphatic carbocycles. The van der Waals surface area contributed by atoms with Crippen LogP contribution in [-0.2, 0) is 16.6 Å². The van der Waals surface area contributed by atoms with E-state index < -0.39 is 10.0 Å². The van der Waals surface area contributed by atoms with Crippen molar-refractivity contribution in [1.82, 2.24) is 14.7 Å². The van der Waals surface area contributed by atoms with Gasteiger partial charge in [0.1, 0.15) is 0 Å². The van der Waals surface area contributed by atoms with Crippen LogP contribution in [0.25, 0.3) is 11.0 Å². The summed E-state index contributed by atoms with van der Waals surface area (Å²) in [6.45, 7) is 0.212. The molecule has 0 unspecified atom stereocenters. The summed E-state index contributed by atoms with van der Waals surface area (Å²) in [5, 5.41) is 0. The predicted octanol–water partition coefficient (Wildman–Crippen LogP) is 2.11. The van der Waals surface area contributed by atoms with Gasteiger partial charge in [0, 0.05) is 18.9 Å². The van der Waals surface area contributed by atoms with Gasteiger partial charge in [0.2, 0.25) is 10.0 Å². The molecule has 5 nitrogen and oxygen atoms in total. The third-order valence-electron chi connectivity index (χ3n) is 3.05. The summed E-state index contributed by atoms with van der Waals surface area (Å²) in [7, 11) is -3.50. The van der Waals surface area contributed by atoms with Crippen molar-refractivity contribution >= 4 is 21.1 Å². The topological polar surface area (TPSA) is 72.0 Å². The molecule has 0 bridgehead atoms. The number of rotatable bonds is 4. The van der Waals surface area contributed by atoms with Crippen molar-refractivity contribution in [1.29, 1.82) is 0 Å². The van der Waals surface area contributed by atoms with E-state index in [0.29, 0.717) is 0 Å². The summed E-state index contributed by atoms with van der Waals surface area (Å²) in [6, 6.07) is 13.8. The van der Waals surface area contributed by atoms with Crippen LogP contribution >= 0.6 is 0 Å². The van der Waals surface area contributed by atoms with E-state index in [2.05, 4.69) is 14.7 Å². The molecule has 0 saturated carbocycles. The minimum Gasteiger partial charge on any atom is -0.253 e. The molecular formula is C15H13N3O2S. The van der Waals surface area contributed by atoms with Crippen LogP contribution in [0.15, 0.2) is 65.8 Å². The van der Waals surface area contributed by atoms with Crippen LogP contribution in [-0.4, -0.2) is 18.4 Å². The summed E-state index contributed by atoms with van der Waals surface area (Å²) in [5.74, 6) is 0. The van der Waals surface area contributed by atoms with E-state index in [1.165, 1.54) is 0 Å². The highest BCUT2D eigenvalue weighted by Crippen LogP contribution is 2.12. The number of benzene rings is 2. The lowest BCUT2D eigenvalue weighted by Gasteiger charge is -2.07. The third kappa shape index (κ3) is 3.07. The van der Waals surface area contributed by atoms with E-state index in [4.69, 9.17) is 0 Å². The first-order valence-corrected chi connectivity index (χ1v) is 7.88. The number of nitrogens with zero attached hydrogens (tertiary/aromatic N) is 2. The van der Waals surface area contributed by atoms with Crippen LogP contribution in [0.1, 0.15) is 5.56 Å². The highest BCUT2D eigenvalue weighted by Gasteiger charge is 2.12. The number of hydrogen-bond donors (Lipinski definition) is 1. The molecular weight excluding hydrogens is 286 g/mol. The Bertz CT molecular complexity index is 864. The van der Waals surface area contributed by atoms with Gasteiger partial charge in [-0.05, 0) is 29.8 Å². The second-order valence-electron chi connectivity index (χ2n) is 4.52. The molecule has 0 atom stereocenters. The number of aromatic nitrogens is 2. The van der Waals surface area contributed by atoms with Crippen molar-refractivity contribution in [2.24, 2.45) is 0 Å². The third-order valence-corrected chi connectivity index (χ3v) is 4.47. The Morgan fingerprint density at radius 3 is 2.38 bits per heavy atom. The summed E-state index contributed by atoms with van der Waals surface area (Å²) in [4.78, 5) is 8.64. The second-order valence-corrected chi connectivity index (χ2v) is 6.28. The van der Waals surface area contributed by atoms with Crippen LogP contribution in [0.5, 0.6) is 0 Å². The van der Waals surface area contributed by atoms with Crippen molar-refractivity contribution in [2.75, 3.05) is 0 Å². The van der Waals surface area contributed by atoms with Crippen LogP contribution < -0.4 is 4.72 Å². The maximum atomic E-state index is 12.1. The van der Waals surface area contributed by atoms with Gasteiger partial charge in [0.15, 0.2) is 0 Å². The second kappa shape index (κ2) is 5.59. The van der Waals surface area contributed by atoms with Gasteiger partial charge in [-0.3, -0.25) is 9.97 Å². The van der Waals surface area contributed by atoms with Gasteiger partial charge < -0.3 is 0 Å². The van der Waals surface area contributed by atoms with Crippen molar-refractivity contribution in [2.45, 2.75) is 11.4 Å². The lowest BCUT2D eigenvalue weighted by Crippen LogP contribution is -2.23. The van der Waals surface area contributed by atoms with E-state index in [9.17, 15) is 8.42 Å². The number of hydrogen-bond acceptors (Lipinski definition) is 4. The largest absolute Gasteiger partial charge is 0.253 e. The monoisotopic (exact) mass is 299 g/mol. The van der Waals surface area contributed by atoms with Crippen molar-refractivity contribution in [3.63, 3.8) is 0 Å². The van der Waals surface area contributed by atoms with Gasteiger partial charge in [-0.2, -0.15) is 0 Å². The van der Waals surface area contributed by atoms with E-state index in [1.54, 1.807) is 42.7 Å². The molecule has 1 aromatic heterocycles. The zero-order valence-corrected chi connectivity index (χ0v) is 11.9. The fourth-order valence-electron chi connectivity index (χ4n) is 1.98. The Hall–Kier alpha value is -2.31. The first-order chi connectivity index (χ1) is 10.1. The molecule has 0 fully saturated rings. The Labute approximate surface area is 122 Å². The van der Waals surface area contributed by atoms with Gasteiger partial charge >= 0.3 is 0 Å². The Kier molecular flexibility index (Phi) is 3.64. The zero-order valence-electron chi connectivity index (χ0n) is 11.1. The minimum atomic E-state index is -3.50. The average Bonchev–Trinajstić information content (AvgIpc) is 2.54. The molecule has 0 aliphatic heterocycles. The fraction of sp³-hybridized carbons (Fsp3) is 0.0667. The van der Waals surface area contributed by atoms with Gasteiger partial charge in [-0.1, -0.05) is 24.3 Å². The standard InChI is InChI=1S/C15H13N3O2S/c19-21(20,13-4-2-1-3-5-13)18-11-12-6-7-14-15(10-12)17-9-8-16-14/h1-10,18H,11H2. The molecule has 1 heterocycles. The Balaban J connectivity index is 1.80. The molecule has 0 amide bonds. The molecule has 3 aromatic rings. The van der Waals surface area contributed by atoms with Gasteiger partial charge in [-0.15, -0.1) is 0 Å².